The van der Waals surface area contributed by atoms with Gasteiger partial charge in [0.1, 0.15) is 5.76 Å². The molecule has 0 amide bonds. The number of rotatable bonds is 1. The fourth-order valence-electron chi connectivity index (χ4n) is 1.06. The van der Waals surface area contributed by atoms with E-state index in [9.17, 15) is 4.79 Å². The minimum atomic E-state index is 0.0156. The highest BCUT2D eigenvalue weighted by atomic mass is 16.5. The van der Waals surface area contributed by atoms with Crippen LogP contribution in [0.15, 0.2) is 30.6 Å². The van der Waals surface area contributed by atoms with E-state index in [2.05, 4.69) is 4.98 Å². The van der Waals surface area contributed by atoms with Crippen LogP contribution in [-0.4, -0.2) is 17.4 Å². The minimum Gasteiger partial charge on any atom is -0.485 e. The summed E-state index contributed by atoms with van der Waals surface area (Å²) in [5.74, 6) is 0.657. The van der Waals surface area contributed by atoms with Crippen molar-refractivity contribution in [2.45, 2.75) is 0 Å². The number of ketones is 1. The van der Waals surface area contributed by atoms with Gasteiger partial charge in [-0.25, -0.2) is 0 Å². The van der Waals surface area contributed by atoms with E-state index in [0.717, 1.165) is 5.56 Å². The summed E-state index contributed by atoms with van der Waals surface area (Å²) < 4.78 is 5.14. The Morgan fingerprint density at radius 3 is 2.67 bits per heavy atom. The molecule has 1 aliphatic rings. The molecular formula is C9H7NO2. The van der Waals surface area contributed by atoms with Crippen LogP contribution < -0.4 is 0 Å². The predicted molar refractivity (Wildman–Crippen MR) is 43.2 cm³/mol. The van der Waals surface area contributed by atoms with Gasteiger partial charge in [-0.05, 0) is 12.1 Å². The molecule has 3 heteroatoms. The Bertz CT molecular complexity index is 330. The van der Waals surface area contributed by atoms with Crippen LogP contribution in [0.2, 0.25) is 0 Å². The monoisotopic (exact) mass is 161 g/mol. The van der Waals surface area contributed by atoms with Gasteiger partial charge in [-0.1, -0.05) is 0 Å². The predicted octanol–water partition coefficient (Wildman–Crippen LogP) is 1.02. The minimum absolute atomic E-state index is 0.0156. The molecule has 1 aliphatic heterocycles. The van der Waals surface area contributed by atoms with E-state index in [1.54, 1.807) is 12.4 Å². The molecule has 1 aromatic heterocycles. The molecule has 2 heterocycles. The Morgan fingerprint density at radius 1 is 1.33 bits per heavy atom. The van der Waals surface area contributed by atoms with Gasteiger partial charge in [0, 0.05) is 24.0 Å². The van der Waals surface area contributed by atoms with Crippen molar-refractivity contribution in [2.24, 2.45) is 0 Å². The van der Waals surface area contributed by atoms with Gasteiger partial charge in [-0.15, -0.1) is 0 Å². The Balaban J connectivity index is 2.33. The van der Waals surface area contributed by atoms with Crippen molar-refractivity contribution in [3.63, 3.8) is 0 Å². The highest BCUT2D eigenvalue weighted by Crippen LogP contribution is 2.18. The number of carbonyl (C=O) groups is 1. The van der Waals surface area contributed by atoms with Crippen LogP contribution in [-0.2, 0) is 9.53 Å². The molecule has 1 aromatic rings. The highest BCUT2D eigenvalue weighted by Gasteiger charge is 2.13. The molecule has 0 spiro atoms. The zero-order valence-electron chi connectivity index (χ0n) is 6.36. The Morgan fingerprint density at radius 2 is 2.08 bits per heavy atom. The van der Waals surface area contributed by atoms with Crippen molar-refractivity contribution in [3.05, 3.63) is 36.2 Å². The molecule has 2 rings (SSSR count). The standard InChI is InChI=1S/C9H7NO2/c11-8-5-9(12-6-8)7-1-3-10-4-2-7/h1-5H,6H2. The van der Waals surface area contributed by atoms with Crippen molar-refractivity contribution in [1.29, 1.82) is 0 Å². The number of aromatic nitrogens is 1. The lowest BCUT2D eigenvalue weighted by Crippen LogP contribution is -1.92. The van der Waals surface area contributed by atoms with E-state index < -0.39 is 0 Å². The van der Waals surface area contributed by atoms with E-state index in [0.29, 0.717) is 5.76 Å². The summed E-state index contributed by atoms with van der Waals surface area (Å²) in [6, 6.07) is 3.62. The lowest BCUT2D eigenvalue weighted by molar-refractivity contribution is -0.115. The average Bonchev–Trinajstić information content (AvgIpc) is 2.54. The summed E-state index contributed by atoms with van der Waals surface area (Å²) in [5.41, 5.74) is 0.899. The maximum atomic E-state index is 10.8. The van der Waals surface area contributed by atoms with E-state index in [4.69, 9.17) is 4.74 Å². The Hall–Kier alpha value is -1.64. The van der Waals surface area contributed by atoms with Crippen LogP contribution in [0.1, 0.15) is 5.56 Å². The first kappa shape index (κ1) is 7.03. The molecule has 0 N–H and O–H groups in total. The zero-order chi connectivity index (χ0) is 8.39. The van der Waals surface area contributed by atoms with Crippen LogP contribution in [0, 0.1) is 0 Å². The maximum absolute atomic E-state index is 10.8. The molecule has 0 saturated carbocycles. The summed E-state index contributed by atoms with van der Waals surface area (Å²) in [6.45, 7) is 0.164. The number of nitrogens with zero attached hydrogens (tertiary/aromatic N) is 1. The van der Waals surface area contributed by atoms with E-state index in [1.165, 1.54) is 6.08 Å². The van der Waals surface area contributed by atoms with E-state index in [-0.39, 0.29) is 12.4 Å². The average molecular weight is 161 g/mol. The number of pyridine rings is 1. The third-order valence-electron chi connectivity index (χ3n) is 1.63. The van der Waals surface area contributed by atoms with Crippen molar-refractivity contribution in [3.8, 4) is 0 Å². The molecule has 0 fully saturated rings. The van der Waals surface area contributed by atoms with Gasteiger partial charge < -0.3 is 4.74 Å². The third kappa shape index (κ3) is 1.21. The van der Waals surface area contributed by atoms with Crippen LogP contribution in [0.4, 0.5) is 0 Å². The molecule has 12 heavy (non-hydrogen) atoms. The SMILES string of the molecule is O=C1C=C(c2ccncc2)OC1. The summed E-state index contributed by atoms with van der Waals surface area (Å²) in [6.07, 6.45) is 4.85. The van der Waals surface area contributed by atoms with Gasteiger partial charge in [0.2, 0.25) is 0 Å². The molecule has 0 bridgehead atoms. The van der Waals surface area contributed by atoms with Gasteiger partial charge in [0.25, 0.3) is 0 Å². The molecule has 0 atom stereocenters. The van der Waals surface area contributed by atoms with Crippen LogP contribution in [0.25, 0.3) is 5.76 Å². The second kappa shape index (κ2) is 2.77. The summed E-state index contributed by atoms with van der Waals surface area (Å²) in [5, 5.41) is 0. The normalized spacial score (nSPS) is 15.7. The molecule has 0 aliphatic carbocycles. The second-order valence-corrected chi connectivity index (χ2v) is 2.50. The summed E-state index contributed by atoms with van der Waals surface area (Å²) in [7, 11) is 0. The van der Waals surface area contributed by atoms with E-state index >= 15 is 0 Å². The number of carbonyl (C=O) groups excluding carboxylic acids is 1. The molecule has 0 saturated heterocycles. The highest BCUT2D eigenvalue weighted by molar-refractivity contribution is 5.99. The molecule has 3 nitrogen and oxygen atoms in total. The van der Waals surface area contributed by atoms with Crippen molar-refractivity contribution in [1.82, 2.24) is 4.98 Å². The lowest BCUT2D eigenvalue weighted by atomic mass is 10.2. The molecular weight excluding hydrogens is 154 g/mol. The number of hydrogen-bond donors (Lipinski definition) is 0. The van der Waals surface area contributed by atoms with Crippen molar-refractivity contribution >= 4 is 11.5 Å². The van der Waals surface area contributed by atoms with Gasteiger partial charge in [-0.3, -0.25) is 9.78 Å². The van der Waals surface area contributed by atoms with Crippen LogP contribution in [0.5, 0.6) is 0 Å². The first-order chi connectivity index (χ1) is 5.86. The fourth-order valence-corrected chi connectivity index (χ4v) is 1.06. The van der Waals surface area contributed by atoms with Gasteiger partial charge in [0.05, 0.1) is 0 Å². The number of ether oxygens (including phenoxy) is 1. The van der Waals surface area contributed by atoms with E-state index in [1.807, 2.05) is 12.1 Å². The molecule has 0 aromatic carbocycles. The van der Waals surface area contributed by atoms with Crippen LogP contribution >= 0.6 is 0 Å². The zero-order valence-corrected chi connectivity index (χ0v) is 6.36. The quantitative estimate of drug-likeness (QED) is 0.617. The van der Waals surface area contributed by atoms with Crippen molar-refractivity contribution < 1.29 is 9.53 Å². The Labute approximate surface area is 69.7 Å². The smallest absolute Gasteiger partial charge is 0.196 e. The van der Waals surface area contributed by atoms with Gasteiger partial charge in [0.15, 0.2) is 12.4 Å². The number of hydrogen-bond acceptors (Lipinski definition) is 3. The van der Waals surface area contributed by atoms with Gasteiger partial charge >= 0.3 is 0 Å². The Kier molecular flexibility index (Phi) is 1.63. The summed E-state index contributed by atoms with van der Waals surface area (Å²) >= 11 is 0. The topological polar surface area (TPSA) is 39.2 Å². The fraction of sp³-hybridized carbons (Fsp3) is 0.111. The van der Waals surface area contributed by atoms with Crippen molar-refractivity contribution in [2.75, 3.05) is 6.61 Å². The molecule has 0 radical (unpaired) electrons. The van der Waals surface area contributed by atoms with Crippen LogP contribution in [0.3, 0.4) is 0 Å². The lowest BCUT2D eigenvalue weighted by Gasteiger charge is -2.00. The maximum Gasteiger partial charge on any atom is 0.196 e. The first-order valence-corrected chi connectivity index (χ1v) is 3.64. The largest absolute Gasteiger partial charge is 0.485 e. The molecule has 60 valence electrons. The second-order valence-electron chi connectivity index (χ2n) is 2.50. The first-order valence-electron chi connectivity index (χ1n) is 3.64. The third-order valence-corrected chi connectivity index (χ3v) is 1.63. The summed E-state index contributed by atoms with van der Waals surface area (Å²) in [4.78, 5) is 14.7. The molecule has 0 unspecified atom stereocenters. The van der Waals surface area contributed by atoms with Gasteiger partial charge in [-0.2, -0.15) is 0 Å².